The first-order valence-electron chi connectivity index (χ1n) is 2.83. The van der Waals surface area contributed by atoms with Gasteiger partial charge in [0.2, 0.25) is 0 Å². The maximum absolute atomic E-state index is 10.6. The quantitative estimate of drug-likeness (QED) is 0.638. The predicted molar refractivity (Wildman–Crippen MR) is 46.4 cm³/mol. The van der Waals surface area contributed by atoms with Crippen LogP contribution in [-0.4, -0.2) is 10.2 Å². The van der Waals surface area contributed by atoms with Crippen LogP contribution >= 0.6 is 24.0 Å². The van der Waals surface area contributed by atoms with E-state index < -0.39 is 5.24 Å². The largest absolute Gasteiger partial charge is 0.276 e. The van der Waals surface area contributed by atoms with Crippen LogP contribution < -0.4 is 0 Å². The van der Waals surface area contributed by atoms with E-state index in [0.717, 1.165) is 0 Å². The van der Waals surface area contributed by atoms with E-state index in [0.29, 0.717) is 11.3 Å². The maximum atomic E-state index is 10.6. The van der Waals surface area contributed by atoms with Crippen molar-refractivity contribution in [3.8, 4) is 0 Å². The summed E-state index contributed by atoms with van der Waals surface area (Å²) in [4.78, 5) is 14.5. The van der Waals surface area contributed by atoms with Gasteiger partial charge in [-0.25, -0.2) is 0 Å². The zero-order chi connectivity index (χ0) is 7.56. The van der Waals surface area contributed by atoms with Crippen LogP contribution in [0.1, 0.15) is 16.1 Å². The molecule has 60 valence electrons. The average molecular weight is 192 g/mol. The van der Waals surface area contributed by atoms with Gasteiger partial charge in [0.05, 0.1) is 5.56 Å². The Balaban J connectivity index is 0.000001000. The Bertz CT molecular complexity index is 262. The molecule has 0 atom stereocenters. The Kier molecular flexibility index (Phi) is 4.08. The molecule has 0 radical (unpaired) electrons. The van der Waals surface area contributed by atoms with Crippen LogP contribution in [0.4, 0.5) is 0 Å². The molecule has 11 heavy (non-hydrogen) atoms. The van der Waals surface area contributed by atoms with Crippen molar-refractivity contribution < 1.29 is 4.79 Å². The minimum atomic E-state index is -0.453. The third-order valence-corrected chi connectivity index (χ3v) is 1.42. The third-order valence-electron chi connectivity index (χ3n) is 1.22. The molecular formula is C7H7Cl2NO. The molecule has 0 aliphatic heterocycles. The number of carbonyl (C=O) groups excluding carboxylic acids is 1. The fraction of sp³-hybridized carbons (Fsp3) is 0.143. The lowest BCUT2D eigenvalue weighted by Gasteiger charge is -1.95. The fourth-order valence-corrected chi connectivity index (χ4v) is 0.892. The topological polar surface area (TPSA) is 30.0 Å². The number of aryl methyl sites for hydroxylation is 1. The molecule has 0 saturated heterocycles. The Labute approximate surface area is 76.0 Å². The normalized spacial score (nSPS) is 8.55. The summed E-state index contributed by atoms with van der Waals surface area (Å²) in [5.41, 5.74) is 1.15. The Morgan fingerprint density at radius 1 is 1.64 bits per heavy atom. The molecule has 0 bridgehead atoms. The monoisotopic (exact) mass is 191 g/mol. The molecule has 0 saturated carbocycles. The molecule has 1 heterocycles. The number of hydrogen-bond acceptors (Lipinski definition) is 2. The van der Waals surface area contributed by atoms with Crippen LogP contribution in [0.2, 0.25) is 0 Å². The first kappa shape index (κ1) is 10.4. The minimum Gasteiger partial charge on any atom is -0.276 e. The highest BCUT2D eigenvalue weighted by Gasteiger charge is 2.03. The average Bonchev–Trinajstić information content (AvgIpc) is 1.88. The predicted octanol–water partition coefficient (Wildman–Crippen LogP) is 2.19. The highest BCUT2D eigenvalue weighted by Crippen LogP contribution is 2.06. The number of aromatic nitrogens is 1. The molecule has 0 fully saturated rings. The smallest absolute Gasteiger partial charge is 0.254 e. The first-order chi connectivity index (χ1) is 4.72. The summed E-state index contributed by atoms with van der Waals surface area (Å²) in [6.45, 7) is 1.75. The maximum Gasteiger partial charge on any atom is 0.254 e. The van der Waals surface area contributed by atoms with Gasteiger partial charge in [-0.1, -0.05) is 0 Å². The molecule has 2 nitrogen and oxygen atoms in total. The van der Waals surface area contributed by atoms with Crippen molar-refractivity contribution in [2.45, 2.75) is 6.92 Å². The van der Waals surface area contributed by atoms with Crippen LogP contribution in [0, 0.1) is 6.92 Å². The summed E-state index contributed by atoms with van der Waals surface area (Å²) in [6.07, 6.45) is 1.62. The summed E-state index contributed by atoms with van der Waals surface area (Å²) in [5, 5.41) is -0.453. The summed E-state index contributed by atoms with van der Waals surface area (Å²) in [7, 11) is 0. The van der Waals surface area contributed by atoms with Gasteiger partial charge in [-0.05, 0) is 30.7 Å². The summed E-state index contributed by atoms with van der Waals surface area (Å²) < 4.78 is 0. The van der Waals surface area contributed by atoms with E-state index in [1.165, 1.54) is 0 Å². The van der Waals surface area contributed by atoms with Crippen molar-refractivity contribution in [2.24, 2.45) is 0 Å². The van der Waals surface area contributed by atoms with E-state index in [9.17, 15) is 4.79 Å². The first-order valence-corrected chi connectivity index (χ1v) is 3.21. The number of carbonyl (C=O) groups is 1. The standard InChI is InChI=1S/C7H6ClNO.ClH/c1-5-6(7(8)10)3-2-4-9-5;/h2-4H,1H3;1H. The molecular weight excluding hydrogens is 185 g/mol. The molecule has 0 N–H and O–H groups in total. The fourth-order valence-electron chi connectivity index (χ4n) is 0.692. The van der Waals surface area contributed by atoms with Crippen molar-refractivity contribution in [1.82, 2.24) is 4.98 Å². The molecule has 1 aromatic rings. The molecule has 0 aliphatic carbocycles. The highest BCUT2D eigenvalue weighted by molar-refractivity contribution is 6.67. The van der Waals surface area contributed by atoms with E-state index >= 15 is 0 Å². The van der Waals surface area contributed by atoms with Crippen LogP contribution in [0.25, 0.3) is 0 Å². The highest BCUT2D eigenvalue weighted by atomic mass is 35.5. The van der Waals surface area contributed by atoms with Crippen LogP contribution in [-0.2, 0) is 0 Å². The Morgan fingerprint density at radius 2 is 2.27 bits per heavy atom. The molecule has 1 aromatic heterocycles. The lowest BCUT2D eigenvalue weighted by molar-refractivity contribution is 0.108. The van der Waals surface area contributed by atoms with Crippen molar-refractivity contribution >= 4 is 29.3 Å². The molecule has 0 spiro atoms. The Hall–Kier alpha value is -0.600. The summed E-state index contributed by atoms with van der Waals surface area (Å²) in [5.74, 6) is 0. The van der Waals surface area contributed by atoms with E-state index in [-0.39, 0.29) is 12.4 Å². The summed E-state index contributed by atoms with van der Waals surface area (Å²) in [6, 6.07) is 3.33. The van der Waals surface area contributed by atoms with Crippen molar-refractivity contribution in [2.75, 3.05) is 0 Å². The Morgan fingerprint density at radius 3 is 2.64 bits per heavy atom. The van der Waals surface area contributed by atoms with Gasteiger partial charge >= 0.3 is 0 Å². The second-order valence-corrected chi connectivity index (χ2v) is 2.25. The van der Waals surface area contributed by atoms with E-state index in [1.54, 1.807) is 25.3 Å². The third kappa shape index (κ3) is 2.48. The van der Waals surface area contributed by atoms with E-state index in [1.807, 2.05) is 0 Å². The molecule has 4 heteroatoms. The van der Waals surface area contributed by atoms with Gasteiger partial charge in [0, 0.05) is 11.9 Å². The van der Waals surface area contributed by atoms with Gasteiger partial charge in [-0.15, -0.1) is 12.4 Å². The number of hydrogen-bond donors (Lipinski definition) is 0. The van der Waals surface area contributed by atoms with Crippen LogP contribution in [0.3, 0.4) is 0 Å². The second kappa shape index (κ2) is 4.31. The van der Waals surface area contributed by atoms with Crippen LogP contribution in [0.15, 0.2) is 18.3 Å². The number of rotatable bonds is 1. The molecule has 0 amide bonds. The summed E-state index contributed by atoms with van der Waals surface area (Å²) >= 11 is 5.23. The van der Waals surface area contributed by atoms with E-state index in [4.69, 9.17) is 11.6 Å². The van der Waals surface area contributed by atoms with Crippen molar-refractivity contribution in [3.05, 3.63) is 29.6 Å². The second-order valence-electron chi connectivity index (χ2n) is 1.91. The van der Waals surface area contributed by atoms with Gasteiger partial charge in [-0.3, -0.25) is 9.78 Å². The van der Waals surface area contributed by atoms with E-state index in [2.05, 4.69) is 4.98 Å². The molecule has 0 aromatic carbocycles. The van der Waals surface area contributed by atoms with Gasteiger partial charge in [0.15, 0.2) is 0 Å². The SMILES string of the molecule is Cc1ncccc1C(=O)Cl.Cl. The molecule has 0 aliphatic rings. The number of nitrogens with zero attached hydrogens (tertiary/aromatic N) is 1. The van der Waals surface area contributed by atoms with Gasteiger partial charge < -0.3 is 0 Å². The number of halogens is 2. The lowest BCUT2D eigenvalue weighted by atomic mass is 10.2. The zero-order valence-electron chi connectivity index (χ0n) is 5.87. The lowest BCUT2D eigenvalue weighted by Crippen LogP contribution is -1.94. The van der Waals surface area contributed by atoms with Gasteiger partial charge in [0.25, 0.3) is 5.24 Å². The zero-order valence-corrected chi connectivity index (χ0v) is 7.45. The number of pyridine rings is 1. The van der Waals surface area contributed by atoms with Crippen molar-refractivity contribution in [1.29, 1.82) is 0 Å². The molecule has 1 rings (SSSR count). The van der Waals surface area contributed by atoms with Crippen LogP contribution in [0.5, 0.6) is 0 Å². The minimum absolute atomic E-state index is 0. The van der Waals surface area contributed by atoms with Crippen molar-refractivity contribution in [3.63, 3.8) is 0 Å². The van der Waals surface area contributed by atoms with Gasteiger partial charge in [-0.2, -0.15) is 0 Å². The molecule has 0 unspecified atom stereocenters. The van der Waals surface area contributed by atoms with Gasteiger partial charge in [0.1, 0.15) is 0 Å².